The van der Waals surface area contributed by atoms with E-state index in [0.29, 0.717) is 27.0 Å². The topological polar surface area (TPSA) is 64.6 Å². The quantitative estimate of drug-likeness (QED) is 0.672. The van der Waals surface area contributed by atoms with Crippen molar-refractivity contribution >= 4 is 40.8 Å². The van der Waals surface area contributed by atoms with Gasteiger partial charge in [0.15, 0.2) is 6.61 Å². The summed E-state index contributed by atoms with van der Waals surface area (Å²) in [4.78, 5) is 23.9. The van der Waals surface area contributed by atoms with Crippen LogP contribution in [-0.4, -0.2) is 24.6 Å². The van der Waals surface area contributed by atoms with Crippen LogP contribution in [0.25, 0.3) is 0 Å². The minimum absolute atomic E-state index is 0.143. The summed E-state index contributed by atoms with van der Waals surface area (Å²) in [7, 11) is 0. The van der Waals surface area contributed by atoms with Crippen molar-refractivity contribution in [2.45, 2.75) is 26.4 Å². The molecule has 2 rings (SSSR count). The lowest BCUT2D eigenvalue weighted by molar-refractivity contribution is -0.150. The molecule has 7 heteroatoms. The first-order valence-electron chi connectivity index (χ1n) is 8.07. The van der Waals surface area contributed by atoms with Gasteiger partial charge in [0.2, 0.25) is 0 Å². The molecule has 0 aliphatic rings. The lowest BCUT2D eigenvalue weighted by Crippen LogP contribution is -2.20. The van der Waals surface area contributed by atoms with Crippen LogP contribution < -0.4 is 10.1 Å². The molecule has 26 heavy (non-hydrogen) atoms. The molecule has 0 saturated carbocycles. The SMILES string of the molecule is CCC(C)OC(=O)COc1ccc(C(=O)Nc2cc(Cl)ccc2Cl)cc1. The molecular weight excluding hydrogens is 377 g/mol. The second-order valence-electron chi connectivity index (χ2n) is 5.60. The van der Waals surface area contributed by atoms with Gasteiger partial charge in [0.1, 0.15) is 5.75 Å². The van der Waals surface area contributed by atoms with Crippen LogP contribution >= 0.6 is 23.2 Å². The molecule has 0 aromatic heterocycles. The number of carbonyl (C=O) groups is 2. The van der Waals surface area contributed by atoms with E-state index in [2.05, 4.69) is 5.32 Å². The molecule has 1 amide bonds. The predicted octanol–water partition coefficient (Wildman–Crippen LogP) is 4.97. The van der Waals surface area contributed by atoms with E-state index in [1.165, 1.54) is 0 Å². The summed E-state index contributed by atoms with van der Waals surface area (Å²) < 4.78 is 10.5. The van der Waals surface area contributed by atoms with Gasteiger partial charge in [-0.05, 0) is 55.8 Å². The molecule has 2 aromatic rings. The van der Waals surface area contributed by atoms with E-state index in [4.69, 9.17) is 32.7 Å². The highest BCUT2D eigenvalue weighted by atomic mass is 35.5. The van der Waals surface area contributed by atoms with E-state index in [0.717, 1.165) is 6.42 Å². The zero-order valence-electron chi connectivity index (χ0n) is 14.4. The molecule has 0 aliphatic carbocycles. The number of halogens is 2. The number of ether oxygens (including phenoxy) is 2. The molecule has 0 saturated heterocycles. The van der Waals surface area contributed by atoms with Gasteiger partial charge in [-0.2, -0.15) is 0 Å². The Bertz CT molecular complexity index is 778. The standard InChI is InChI=1S/C19H19Cl2NO4/c1-3-12(2)26-18(23)11-25-15-7-4-13(5-8-15)19(24)22-17-10-14(20)6-9-16(17)21/h4-10,12H,3,11H2,1-2H3,(H,22,24). The Morgan fingerprint density at radius 2 is 1.81 bits per heavy atom. The minimum Gasteiger partial charge on any atom is -0.482 e. The molecule has 1 N–H and O–H groups in total. The summed E-state index contributed by atoms with van der Waals surface area (Å²) in [6.45, 7) is 3.56. The smallest absolute Gasteiger partial charge is 0.344 e. The van der Waals surface area contributed by atoms with Crippen molar-refractivity contribution in [2.75, 3.05) is 11.9 Å². The van der Waals surface area contributed by atoms with Gasteiger partial charge in [-0.25, -0.2) is 4.79 Å². The van der Waals surface area contributed by atoms with Crippen molar-refractivity contribution in [1.82, 2.24) is 0 Å². The Balaban J connectivity index is 1.93. The molecular formula is C19H19Cl2NO4. The maximum absolute atomic E-state index is 12.3. The maximum Gasteiger partial charge on any atom is 0.344 e. The fraction of sp³-hybridized carbons (Fsp3) is 0.263. The monoisotopic (exact) mass is 395 g/mol. The van der Waals surface area contributed by atoms with Crippen molar-refractivity contribution in [3.63, 3.8) is 0 Å². The van der Waals surface area contributed by atoms with E-state index < -0.39 is 5.97 Å². The number of amides is 1. The van der Waals surface area contributed by atoms with Gasteiger partial charge >= 0.3 is 5.97 Å². The second-order valence-corrected chi connectivity index (χ2v) is 6.44. The number of hydrogen-bond donors (Lipinski definition) is 1. The van der Waals surface area contributed by atoms with Crippen LogP contribution in [0.1, 0.15) is 30.6 Å². The zero-order valence-corrected chi connectivity index (χ0v) is 15.9. The van der Waals surface area contributed by atoms with Gasteiger partial charge in [0, 0.05) is 10.6 Å². The second kappa shape index (κ2) is 9.46. The lowest BCUT2D eigenvalue weighted by Gasteiger charge is -2.12. The van der Waals surface area contributed by atoms with E-state index >= 15 is 0 Å². The molecule has 0 aliphatic heterocycles. The molecule has 1 unspecified atom stereocenters. The molecule has 0 spiro atoms. The summed E-state index contributed by atoms with van der Waals surface area (Å²) >= 11 is 11.9. The van der Waals surface area contributed by atoms with Gasteiger partial charge in [0.25, 0.3) is 5.91 Å². The molecule has 1 atom stereocenters. The van der Waals surface area contributed by atoms with E-state index in [-0.39, 0.29) is 18.6 Å². The van der Waals surface area contributed by atoms with Gasteiger partial charge in [-0.15, -0.1) is 0 Å². The fourth-order valence-electron chi connectivity index (χ4n) is 1.97. The molecule has 0 bridgehead atoms. The third kappa shape index (κ3) is 5.93. The number of anilines is 1. The molecule has 0 radical (unpaired) electrons. The highest BCUT2D eigenvalue weighted by molar-refractivity contribution is 6.35. The van der Waals surface area contributed by atoms with Crippen molar-refractivity contribution in [3.05, 3.63) is 58.1 Å². The zero-order chi connectivity index (χ0) is 19.1. The summed E-state index contributed by atoms with van der Waals surface area (Å²) in [5.74, 6) is -0.308. The molecule has 138 valence electrons. The van der Waals surface area contributed by atoms with Crippen molar-refractivity contribution in [3.8, 4) is 5.75 Å². The third-order valence-corrected chi connectivity index (χ3v) is 4.12. The Labute approximate surface area is 162 Å². The molecule has 2 aromatic carbocycles. The first-order valence-corrected chi connectivity index (χ1v) is 8.83. The van der Waals surface area contributed by atoms with Crippen molar-refractivity contribution < 1.29 is 19.1 Å². The number of carbonyl (C=O) groups excluding carboxylic acids is 2. The van der Waals surface area contributed by atoms with Gasteiger partial charge in [0.05, 0.1) is 16.8 Å². The summed E-state index contributed by atoms with van der Waals surface area (Å²) in [5.41, 5.74) is 0.841. The van der Waals surface area contributed by atoms with Gasteiger partial charge in [-0.1, -0.05) is 30.1 Å². The number of nitrogens with one attached hydrogen (secondary N) is 1. The van der Waals surface area contributed by atoms with Crippen molar-refractivity contribution in [1.29, 1.82) is 0 Å². The van der Waals surface area contributed by atoms with Crippen LogP contribution in [0.15, 0.2) is 42.5 Å². The average molecular weight is 396 g/mol. The van der Waals surface area contributed by atoms with E-state index in [9.17, 15) is 9.59 Å². The van der Waals surface area contributed by atoms with Crippen LogP contribution in [0.3, 0.4) is 0 Å². The minimum atomic E-state index is -0.434. The van der Waals surface area contributed by atoms with Crippen LogP contribution in [0.5, 0.6) is 5.75 Å². The fourth-order valence-corrected chi connectivity index (χ4v) is 2.31. The number of esters is 1. The Morgan fingerprint density at radius 1 is 1.12 bits per heavy atom. The molecule has 5 nitrogen and oxygen atoms in total. The predicted molar refractivity (Wildman–Crippen MR) is 102 cm³/mol. The van der Waals surface area contributed by atoms with Gasteiger partial charge < -0.3 is 14.8 Å². The van der Waals surface area contributed by atoms with Crippen LogP contribution in [0, 0.1) is 0 Å². The highest BCUT2D eigenvalue weighted by Gasteiger charge is 2.11. The average Bonchev–Trinajstić information content (AvgIpc) is 2.63. The molecule has 0 fully saturated rings. The summed E-state index contributed by atoms with van der Waals surface area (Å²) in [6, 6.07) is 11.2. The number of hydrogen-bond acceptors (Lipinski definition) is 4. The number of benzene rings is 2. The highest BCUT2D eigenvalue weighted by Crippen LogP contribution is 2.26. The molecule has 0 heterocycles. The third-order valence-electron chi connectivity index (χ3n) is 3.56. The number of rotatable bonds is 7. The van der Waals surface area contributed by atoms with Crippen molar-refractivity contribution in [2.24, 2.45) is 0 Å². The Kier molecular flexibility index (Phi) is 7.30. The normalized spacial score (nSPS) is 11.5. The first kappa shape index (κ1) is 20.1. The van der Waals surface area contributed by atoms with Crippen LogP contribution in [0.4, 0.5) is 5.69 Å². The van der Waals surface area contributed by atoms with Gasteiger partial charge in [-0.3, -0.25) is 4.79 Å². The Hall–Kier alpha value is -2.24. The maximum atomic E-state index is 12.3. The summed E-state index contributed by atoms with van der Waals surface area (Å²) in [5, 5.41) is 3.56. The van der Waals surface area contributed by atoms with E-state index in [1.807, 2.05) is 13.8 Å². The van der Waals surface area contributed by atoms with Crippen LogP contribution in [0.2, 0.25) is 10.0 Å². The lowest BCUT2D eigenvalue weighted by atomic mass is 10.2. The summed E-state index contributed by atoms with van der Waals surface area (Å²) in [6.07, 6.45) is 0.599. The Morgan fingerprint density at radius 3 is 2.46 bits per heavy atom. The largest absolute Gasteiger partial charge is 0.482 e. The van der Waals surface area contributed by atoms with E-state index in [1.54, 1.807) is 42.5 Å². The van der Waals surface area contributed by atoms with Crippen LogP contribution in [-0.2, 0) is 9.53 Å². The first-order chi connectivity index (χ1) is 12.4.